The Morgan fingerprint density at radius 1 is 1.04 bits per heavy atom. The second-order valence-electron chi connectivity index (χ2n) is 11.6. The molecule has 3 amide bonds. The summed E-state index contributed by atoms with van der Waals surface area (Å²) in [7, 11) is 2.03. The van der Waals surface area contributed by atoms with E-state index in [0.717, 1.165) is 50.1 Å². The van der Waals surface area contributed by atoms with Gasteiger partial charge in [-0.15, -0.1) is 11.3 Å². The van der Waals surface area contributed by atoms with E-state index < -0.39 is 40.8 Å². The van der Waals surface area contributed by atoms with Gasteiger partial charge in [-0.1, -0.05) is 18.2 Å². The van der Waals surface area contributed by atoms with Crippen molar-refractivity contribution in [3.8, 4) is 6.07 Å². The van der Waals surface area contributed by atoms with Crippen LogP contribution in [0.25, 0.3) is 10.2 Å². The van der Waals surface area contributed by atoms with E-state index in [4.69, 9.17) is 0 Å². The van der Waals surface area contributed by atoms with E-state index in [9.17, 15) is 28.8 Å². The smallest absolute Gasteiger partial charge is 0.262 e. The van der Waals surface area contributed by atoms with Gasteiger partial charge in [-0.25, -0.2) is 4.39 Å². The molecule has 1 saturated heterocycles. The molecule has 0 bridgehead atoms. The third-order valence-electron chi connectivity index (χ3n) is 7.86. The molecule has 0 spiro atoms. The first-order valence-electron chi connectivity index (χ1n) is 14.5. The lowest BCUT2D eigenvalue weighted by molar-refractivity contribution is -0.127. The quantitative estimate of drug-likeness (QED) is 0.198. The Morgan fingerprint density at radius 2 is 1.76 bits per heavy atom. The molecule has 5 rings (SSSR count). The fraction of sp³-hybridized carbons (Fsp3) is 0.312. The maximum atomic E-state index is 14.4. The number of H-pyrrole nitrogens is 1. The highest BCUT2D eigenvalue weighted by Gasteiger charge is 2.29. The van der Waals surface area contributed by atoms with Gasteiger partial charge in [0.25, 0.3) is 11.8 Å². The van der Waals surface area contributed by atoms with Crippen molar-refractivity contribution in [3.05, 3.63) is 70.4 Å². The Morgan fingerprint density at radius 3 is 2.43 bits per heavy atom. The third-order valence-corrected chi connectivity index (χ3v) is 8.89. The number of nitriles is 1. The van der Waals surface area contributed by atoms with Gasteiger partial charge >= 0.3 is 0 Å². The molecule has 1 aliphatic rings. The van der Waals surface area contributed by atoms with Crippen LogP contribution in [0.15, 0.2) is 48.5 Å². The lowest BCUT2D eigenvalue weighted by atomic mass is 9.93. The van der Waals surface area contributed by atoms with Gasteiger partial charge in [-0.05, 0) is 58.2 Å². The highest BCUT2D eigenvalue weighted by Crippen LogP contribution is 2.32. The lowest BCUT2D eigenvalue weighted by Gasteiger charge is -2.34. The minimum absolute atomic E-state index is 0.0917. The second-order valence-corrected chi connectivity index (χ2v) is 12.7. The van der Waals surface area contributed by atoms with Gasteiger partial charge in [-0.2, -0.15) is 10.4 Å². The van der Waals surface area contributed by atoms with Crippen molar-refractivity contribution in [1.82, 2.24) is 20.4 Å². The Kier molecular flexibility index (Phi) is 9.17. The molecule has 46 heavy (non-hydrogen) atoms. The monoisotopic (exact) mass is 644 g/mol. The number of likely N-dealkylation sites (N-methyl/N-ethyl adjacent to an activating group) is 1. The Balaban J connectivity index is 1.39. The van der Waals surface area contributed by atoms with Crippen LogP contribution in [0.2, 0.25) is 0 Å². The van der Waals surface area contributed by atoms with E-state index >= 15 is 0 Å². The van der Waals surface area contributed by atoms with E-state index in [1.165, 1.54) is 6.07 Å². The number of hydrogen-bond acceptors (Lipinski definition) is 9. The molecule has 12 nitrogen and oxygen atoms in total. The highest BCUT2D eigenvalue weighted by atomic mass is 32.1. The molecule has 238 valence electrons. The topological polar surface area (TPSA) is 163 Å². The predicted molar refractivity (Wildman–Crippen MR) is 173 cm³/mol. The van der Waals surface area contributed by atoms with Crippen molar-refractivity contribution in [3.63, 3.8) is 0 Å². The summed E-state index contributed by atoms with van der Waals surface area (Å²) < 4.78 is 14.4. The zero-order valence-electron chi connectivity index (χ0n) is 25.7. The number of ketones is 1. The molecule has 0 saturated carbocycles. The average Bonchev–Trinajstić information content (AvgIpc) is 3.59. The second kappa shape index (κ2) is 13.1. The number of thiophene rings is 1. The van der Waals surface area contributed by atoms with Crippen molar-refractivity contribution in [2.24, 2.45) is 5.92 Å². The first kappa shape index (κ1) is 32.3. The summed E-state index contributed by atoms with van der Waals surface area (Å²) >= 11 is 1.10. The fourth-order valence-electron chi connectivity index (χ4n) is 5.21. The molecule has 1 aliphatic heterocycles. The fourth-order valence-corrected chi connectivity index (χ4v) is 6.10. The number of rotatable bonds is 9. The number of nitrogens with zero attached hydrogens (tertiary/aromatic N) is 4. The third kappa shape index (κ3) is 6.75. The molecular weight excluding hydrogens is 611 g/mol. The van der Waals surface area contributed by atoms with Gasteiger partial charge in [0.05, 0.1) is 33.1 Å². The first-order valence-corrected chi connectivity index (χ1v) is 15.3. The number of halogens is 1. The molecule has 2 aromatic carbocycles. The molecular formula is C32H33FN8O4S. The number of Topliss-reactive ketones (excluding diaryl/α,β-unsaturated/α-hetero) is 1. The van der Waals surface area contributed by atoms with Gasteiger partial charge in [0.15, 0.2) is 11.7 Å². The van der Waals surface area contributed by atoms with Crippen LogP contribution >= 0.6 is 11.3 Å². The molecule has 1 atom stereocenters. The number of carbonyl (C=O) groups is 4. The summed E-state index contributed by atoms with van der Waals surface area (Å²) in [5.74, 6) is -4.23. The van der Waals surface area contributed by atoms with Crippen LogP contribution in [-0.2, 0) is 15.1 Å². The van der Waals surface area contributed by atoms with Gasteiger partial charge < -0.3 is 25.8 Å². The highest BCUT2D eigenvalue weighted by molar-refractivity contribution is 7.20. The van der Waals surface area contributed by atoms with E-state index in [1.807, 2.05) is 7.05 Å². The van der Waals surface area contributed by atoms with E-state index in [-0.39, 0.29) is 17.1 Å². The maximum absolute atomic E-state index is 14.4. The van der Waals surface area contributed by atoms with E-state index in [0.29, 0.717) is 20.7 Å². The number of aromatic amines is 1. The number of aromatic nitrogens is 2. The molecule has 14 heteroatoms. The van der Waals surface area contributed by atoms with Crippen molar-refractivity contribution in [2.75, 3.05) is 48.8 Å². The van der Waals surface area contributed by atoms with E-state index in [1.54, 1.807) is 62.4 Å². The minimum Gasteiger partial charge on any atom is -0.369 e. The number of piperazine rings is 1. The standard InChI is InChI=1S/C32H33FN8O4S/c1-18(42)22(17-34)29(44)35-25-15-19(41-13-11-40(4)12-14-41)9-10-20(25)28(43)36-27-21-16-26(46-31(21)39-38-27)30(45)37-32(2,3)23-7-5-6-8-24(23)33/h5-10,15-16,22H,11-14H2,1-4H3,(H,35,44)(H,37,45)(H2,36,38,39,43). The summed E-state index contributed by atoms with van der Waals surface area (Å²) in [5, 5.41) is 25.1. The number of fused-ring (bicyclic) bond motifs is 1. The number of anilines is 3. The van der Waals surface area contributed by atoms with Gasteiger partial charge in [0.2, 0.25) is 5.91 Å². The van der Waals surface area contributed by atoms with E-state index in [2.05, 4.69) is 35.9 Å². The zero-order chi connectivity index (χ0) is 33.2. The summed E-state index contributed by atoms with van der Waals surface area (Å²) in [5.41, 5.74) is 0.333. The zero-order valence-corrected chi connectivity index (χ0v) is 26.5. The predicted octanol–water partition coefficient (Wildman–Crippen LogP) is 4.10. The van der Waals surface area contributed by atoms with Crippen LogP contribution in [-0.4, -0.2) is 71.8 Å². The number of amides is 3. The summed E-state index contributed by atoms with van der Waals surface area (Å²) in [4.78, 5) is 56.6. The average molecular weight is 645 g/mol. The molecule has 4 aromatic rings. The Bertz CT molecular complexity index is 1870. The van der Waals surface area contributed by atoms with Gasteiger partial charge in [-0.3, -0.25) is 24.3 Å². The Hall–Kier alpha value is -5.13. The van der Waals surface area contributed by atoms with Crippen molar-refractivity contribution >= 4 is 62.3 Å². The minimum atomic E-state index is -1.53. The van der Waals surface area contributed by atoms with Crippen LogP contribution in [0.5, 0.6) is 0 Å². The summed E-state index contributed by atoms with van der Waals surface area (Å²) in [6.07, 6.45) is 0. The number of benzene rings is 2. The van der Waals surface area contributed by atoms with Crippen molar-refractivity contribution in [1.29, 1.82) is 5.26 Å². The van der Waals surface area contributed by atoms with Crippen LogP contribution in [0.3, 0.4) is 0 Å². The number of hydrogen-bond donors (Lipinski definition) is 4. The Labute approximate surface area is 268 Å². The number of nitrogens with one attached hydrogen (secondary N) is 4. The lowest BCUT2D eigenvalue weighted by Crippen LogP contribution is -2.44. The molecule has 3 heterocycles. The molecule has 1 fully saturated rings. The summed E-state index contributed by atoms with van der Waals surface area (Å²) in [6.45, 7) is 7.71. The maximum Gasteiger partial charge on any atom is 0.262 e. The normalized spacial score (nSPS) is 14.4. The largest absolute Gasteiger partial charge is 0.369 e. The molecule has 0 aliphatic carbocycles. The molecule has 2 aromatic heterocycles. The van der Waals surface area contributed by atoms with Crippen LogP contribution in [0, 0.1) is 23.1 Å². The molecule has 0 radical (unpaired) electrons. The van der Waals surface area contributed by atoms with Crippen molar-refractivity contribution < 1.29 is 23.6 Å². The van der Waals surface area contributed by atoms with Crippen molar-refractivity contribution in [2.45, 2.75) is 26.3 Å². The summed E-state index contributed by atoms with van der Waals surface area (Å²) in [6, 6.07) is 14.5. The number of carbonyl (C=O) groups excluding carboxylic acids is 4. The van der Waals surface area contributed by atoms with Crippen LogP contribution in [0.1, 0.15) is 46.4 Å². The molecule has 4 N–H and O–H groups in total. The van der Waals surface area contributed by atoms with Crippen LogP contribution in [0.4, 0.5) is 21.6 Å². The molecule has 1 unspecified atom stereocenters. The SMILES string of the molecule is CC(=O)C(C#N)C(=O)Nc1cc(N2CCN(C)CC2)ccc1C(=O)Nc1[nH]nc2sc(C(=O)NC(C)(C)c3ccccc3F)cc12. The van der Waals surface area contributed by atoms with Crippen LogP contribution < -0.4 is 20.9 Å². The first-order chi connectivity index (χ1) is 21.9. The van der Waals surface area contributed by atoms with Gasteiger partial charge in [0, 0.05) is 37.4 Å². The van der Waals surface area contributed by atoms with Gasteiger partial charge in [0.1, 0.15) is 16.5 Å².